The van der Waals surface area contributed by atoms with Crippen molar-refractivity contribution in [2.24, 2.45) is 5.73 Å². The Bertz CT molecular complexity index is 1460. The second kappa shape index (κ2) is 6.78. The Morgan fingerprint density at radius 1 is 1.07 bits per heavy atom. The predicted octanol–water partition coefficient (Wildman–Crippen LogP) is 4.46. The van der Waals surface area contributed by atoms with Crippen molar-refractivity contribution in [2.45, 2.75) is 19.3 Å². The average molecular weight is 393 g/mol. The molecule has 0 aliphatic carbocycles. The summed E-state index contributed by atoms with van der Waals surface area (Å²) in [7, 11) is 0. The molecule has 5 rings (SSSR count). The summed E-state index contributed by atoms with van der Waals surface area (Å²) in [5.41, 5.74) is 9.34. The summed E-state index contributed by atoms with van der Waals surface area (Å²) in [5, 5.41) is 12.7. The average Bonchev–Trinajstić information content (AvgIpc) is 2.77. The number of nitrogens with one attached hydrogen (secondary N) is 1. The van der Waals surface area contributed by atoms with E-state index in [2.05, 4.69) is 24.0 Å². The molecule has 0 radical (unpaired) electrons. The van der Waals surface area contributed by atoms with Gasteiger partial charge in [0.1, 0.15) is 17.4 Å². The number of aromatic amines is 1. The van der Waals surface area contributed by atoms with E-state index >= 15 is 0 Å². The normalized spacial score (nSPS) is 15.7. The maximum Gasteiger partial charge on any atom is 0.252 e. The monoisotopic (exact) mass is 393 g/mol. The topological polar surface area (TPSA) is 91.9 Å². The summed E-state index contributed by atoms with van der Waals surface area (Å²) in [4.78, 5) is 16.0. The Balaban J connectivity index is 1.82. The van der Waals surface area contributed by atoms with E-state index in [0.29, 0.717) is 11.3 Å². The molecule has 1 atom stereocenters. The third-order valence-electron chi connectivity index (χ3n) is 5.76. The van der Waals surface area contributed by atoms with Crippen LogP contribution in [-0.4, -0.2) is 4.98 Å². The number of ether oxygens (including phenoxy) is 1. The van der Waals surface area contributed by atoms with Crippen LogP contribution in [0.4, 0.5) is 0 Å². The third kappa shape index (κ3) is 2.66. The molecule has 0 bridgehead atoms. The fourth-order valence-electron chi connectivity index (χ4n) is 4.21. The maximum absolute atomic E-state index is 13.1. The molecule has 0 unspecified atom stereocenters. The largest absolute Gasteiger partial charge is 0.440 e. The van der Waals surface area contributed by atoms with Crippen molar-refractivity contribution in [3.63, 3.8) is 0 Å². The number of hydrogen-bond donors (Lipinski definition) is 2. The Labute approximate surface area is 173 Å². The number of nitriles is 1. The molecule has 1 aliphatic rings. The van der Waals surface area contributed by atoms with Crippen LogP contribution in [0.2, 0.25) is 0 Å². The molecule has 0 amide bonds. The maximum atomic E-state index is 13.1. The van der Waals surface area contributed by atoms with E-state index in [1.807, 2.05) is 54.6 Å². The van der Waals surface area contributed by atoms with E-state index in [0.717, 1.165) is 33.7 Å². The van der Waals surface area contributed by atoms with Crippen LogP contribution < -0.4 is 16.0 Å². The molecular formula is C25H19N3O2. The summed E-state index contributed by atoms with van der Waals surface area (Å²) < 4.78 is 5.89. The van der Waals surface area contributed by atoms with Gasteiger partial charge in [-0.1, -0.05) is 49.4 Å². The van der Waals surface area contributed by atoms with Crippen molar-refractivity contribution >= 4 is 21.7 Å². The van der Waals surface area contributed by atoms with Gasteiger partial charge in [-0.3, -0.25) is 4.79 Å². The van der Waals surface area contributed by atoms with Crippen molar-refractivity contribution in [3.05, 3.63) is 99.2 Å². The van der Waals surface area contributed by atoms with Gasteiger partial charge in [0, 0.05) is 22.0 Å². The molecular weight excluding hydrogens is 374 g/mol. The molecule has 0 saturated heterocycles. The number of aryl methyl sites for hydroxylation is 1. The van der Waals surface area contributed by atoms with Gasteiger partial charge in [-0.25, -0.2) is 0 Å². The molecule has 2 heterocycles. The lowest BCUT2D eigenvalue weighted by Crippen LogP contribution is -2.25. The smallest absolute Gasteiger partial charge is 0.252 e. The molecule has 5 nitrogen and oxygen atoms in total. The van der Waals surface area contributed by atoms with Crippen LogP contribution in [0.25, 0.3) is 21.7 Å². The van der Waals surface area contributed by atoms with Gasteiger partial charge >= 0.3 is 0 Å². The summed E-state index contributed by atoms with van der Waals surface area (Å²) in [6.07, 6.45) is 0.896. The van der Waals surface area contributed by atoms with Gasteiger partial charge in [0.25, 0.3) is 5.56 Å². The lowest BCUT2D eigenvalue weighted by molar-refractivity contribution is 0.398. The summed E-state index contributed by atoms with van der Waals surface area (Å²) in [6, 6.07) is 21.7. The predicted molar refractivity (Wildman–Crippen MR) is 117 cm³/mol. The van der Waals surface area contributed by atoms with Gasteiger partial charge in [-0.2, -0.15) is 5.26 Å². The van der Waals surface area contributed by atoms with Crippen molar-refractivity contribution in [1.82, 2.24) is 4.98 Å². The number of benzene rings is 3. The second-order valence-electron chi connectivity index (χ2n) is 7.46. The van der Waals surface area contributed by atoms with E-state index in [9.17, 15) is 10.1 Å². The summed E-state index contributed by atoms with van der Waals surface area (Å²) >= 11 is 0. The number of allylic oxidation sites excluding steroid dienone is 1. The number of hydrogen-bond acceptors (Lipinski definition) is 4. The van der Waals surface area contributed by atoms with Gasteiger partial charge in [-0.15, -0.1) is 0 Å². The molecule has 0 fully saturated rings. The first-order valence-electron chi connectivity index (χ1n) is 9.85. The van der Waals surface area contributed by atoms with Gasteiger partial charge < -0.3 is 15.5 Å². The molecule has 0 saturated carbocycles. The minimum Gasteiger partial charge on any atom is -0.440 e. The second-order valence-corrected chi connectivity index (χ2v) is 7.46. The third-order valence-corrected chi connectivity index (χ3v) is 5.76. The first-order valence-corrected chi connectivity index (χ1v) is 9.85. The van der Waals surface area contributed by atoms with Crippen LogP contribution in [0.3, 0.4) is 0 Å². The number of pyridine rings is 1. The Hall–Kier alpha value is -4.04. The number of aromatic nitrogens is 1. The first-order chi connectivity index (χ1) is 14.6. The zero-order valence-electron chi connectivity index (χ0n) is 16.4. The van der Waals surface area contributed by atoms with Crippen molar-refractivity contribution in [2.75, 3.05) is 0 Å². The lowest BCUT2D eigenvalue weighted by Gasteiger charge is -2.27. The summed E-state index contributed by atoms with van der Waals surface area (Å²) in [6.45, 7) is 2.09. The van der Waals surface area contributed by atoms with Crippen LogP contribution in [0.5, 0.6) is 5.75 Å². The Kier molecular flexibility index (Phi) is 4.07. The molecule has 4 aromatic rings. The zero-order valence-corrected chi connectivity index (χ0v) is 16.4. The van der Waals surface area contributed by atoms with Gasteiger partial charge in [0.05, 0.1) is 5.92 Å². The van der Waals surface area contributed by atoms with Crippen LogP contribution in [-0.2, 0) is 6.42 Å². The fraction of sp³-hybridized carbons (Fsp3) is 0.120. The van der Waals surface area contributed by atoms with Crippen LogP contribution in [0.15, 0.2) is 76.9 Å². The van der Waals surface area contributed by atoms with Crippen molar-refractivity contribution < 1.29 is 4.74 Å². The number of nitrogens with two attached hydrogens (primary N) is 1. The Morgan fingerprint density at radius 2 is 1.90 bits per heavy atom. The fourth-order valence-corrected chi connectivity index (χ4v) is 4.21. The number of nitrogens with zero attached hydrogens (tertiary/aromatic N) is 1. The summed E-state index contributed by atoms with van der Waals surface area (Å²) in [5.74, 6) is 0.0337. The molecule has 1 aliphatic heterocycles. The molecule has 0 spiro atoms. The molecule has 1 aromatic heterocycles. The van der Waals surface area contributed by atoms with Gasteiger partial charge in [0.15, 0.2) is 0 Å². The van der Waals surface area contributed by atoms with E-state index in [4.69, 9.17) is 10.5 Å². The minimum atomic E-state index is -0.596. The number of fused-ring (bicyclic) bond motifs is 4. The quantitative estimate of drug-likeness (QED) is 0.526. The van der Waals surface area contributed by atoms with Crippen LogP contribution >= 0.6 is 0 Å². The van der Waals surface area contributed by atoms with Crippen LogP contribution in [0, 0.1) is 11.3 Å². The molecule has 30 heavy (non-hydrogen) atoms. The SMILES string of the molecule is CCc1ccc2[nH]c(=O)c([C@H]3C(C#N)=C(N)Oc4c3ccc3ccccc43)cc2c1. The highest BCUT2D eigenvalue weighted by Crippen LogP contribution is 2.44. The molecule has 5 heteroatoms. The van der Waals surface area contributed by atoms with E-state index in [1.54, 1.807) is 0 Å². The highest BCUT2D eigenvalue weighted by atomic mass is 16.5. The standard InChI is InChI=1S/C25H19N3O2/c1-2-14-7-10-21-16(11-14)12-19(25(29)28-21)22-18-9-8-15-5-3-4-6-17(15)23(18)30-24(27)20(22)13-26/h3-12,22H,2,27H2,1H3,(H,28,29)/t22-/m0/s1. The number of H-pyrrole nitrogens is 1. The van der Waals surface area contributed by atoms with E-state index < -0.39 is 5.92 Å². The zero-order chi connectivity index (χ0) is 20.8. The molecule has 146 valence electrons. The number of rotatable bonds is 2. The van der Waals surface area contributed by atoms with Gasteiger partial charge in [0.2, 0.25) is 5.88 Å². The highest BCUT2D eigenvalue weighted by Gasteiger charge is 2.33. The van der Waals surface area contributed by atoms with E-state index in [1.165, 1.54) is 5.56 Å². The highest BCUT2D eigenvalue weighted by molar-refractivity contribution is 5.91. The van der Waals surface area contributed by atoms with Crippen molar-refractivity contribution in [3.8, 4) is 11.8 Å². The molecule has 3 aromatic carbocycles. The van der Waals surface area contributed by atoms with Crippen LogP contribution in [0.1, 0.15) is 29.5 Å². The minimum absolute atomic E-state index is 0.0353. The van der Waals surface area contributed by atoms with Crippen molar-refractivity contribution in [1.29, 1.82) is 5.26 Å². The first kappa shape index (κ1) is 18.0. The Morgan fingerprint density at radius 3 is 2.70 bits per heavy atom. The molecule has 3 N–H and O–H groups in total. The van der Waals surface area contributed by atoms with Gasteiger partial charge in [-0.05, 0) is 41.0 Å². The van der Waals surface area contributed by atoms with E-state index in [-0.39, 0.29) is 17.0 Å². The lowest BCUT2D eigenvalue weighted by atomic mass is 9.82.